The number of hydrogen-bond donors (Lipinski definition) is 2. The first-order valence-electron chi connectivity index (χ1n) is 8.62. The number of aliphatic hydroxyl groups excluding tert-OH is 1. The maximum atomic E-state index is 12.6. The van der Waals surface area contributed by atoms with Crippen LogP contribution in [0, 0.1) is 13.8 Å². The summed E-state index contributed by atoms with van der Waals surface area (Å²) in [5.74, 6) is -0.425. The number of nitrogens with one attached hydrogen (secondary N) is 1. The first-order chi connectivity index (χ1) is 12.4. The molecular formula is C18H24N4O3S. The maximum Gasteiger partial charge on any atom is 0.263 e. The molecule has 0 spiro atoms. The molecule has 0 aromatic carbocycles. The lowest BCUT2D eigenvalue weighted by Crippen LogP contribution is -2.54. The molecule has 0 bridgehead atoms. The van der Waals surface area contributed by atoms with Gasteiger partial charge in [-0.1, -0.05) is 0 Å². The molecule has 7 nitrogen and oxygen atoms in total. The first kappa shape index (κ1) is 18.8. The Hall–Kier alpha value is -2.03. The number of aryl methyl sites for hydroxylation is 1. The van der Waals surface area contributed by atoms with E-state index in [0.717, 1.165) is 23.5 Å². The van der Waals surface area contributed by atoms with Crippen LogP contribution < -0.4 is 10.9 Å². The average Bonchev–Trinajstić information content (AvgIpc) is 3.11. The molecule has 1 saturated heterocycles. The second-order valence-corrected chi connectivity index (χ2v) is 7.56. The summed E-state index contributed by atoms with van der Waals surface area (Å²) in [6, 6.07) is 1.26. The van der Waals surface area contributed by atoms with Gasteiger partial charge in [-0.3, -0.25) is 14.5 Å². The zero-order valence-corrected chi connectivity index (χ0v) is 16.0. The molecule has 1 amide bonds. The molecule has 3 heterocycles. The van der Waals surface area contributed by atoms with Crippen LogP contribution in [-0.4, -0.2) is 50.7 Å². The smallest absolute Gasteiger partial charge is 0.263 e. The van der Waals surface area contributed by atoms with Crippen LogP contribution in [0.3, 0.4) is 0 Å². The Kier molecular flexibility index (Phi) is 5.55. The van der Waals surface area contributed by atoms with Crippen LogP contribution in [0.25, 0.3) is 0 Å². The van der Waals surface area contributed by atoms with Crippen LogP contribution in [-0.2, 0) is 13.6 Å². The maximum absolute atomic E-state index is 12.6. The van der Waals surface area contributed by atoms with Crippen molar-refractivity contribution < 1.29 is 9.90 Å². The Morgan fingerprint density at radius 3 is 2.88 bits per heavy atom. The molecule has 2 aromatic heterocycles. The number of likely N-dealkylation sites (tertiary alicyclic amines) is 1. The largest absolute Gasteiger partial charge is 0.390 e. The highest BCUT2D eigenvalue weighted by Gasteiger charge is 2.30. The number of pyridine rings is 1. The van der Waals surface area contributed by atoms with E-state index >= 15 is 0 Å². The minimum Gasteiger partial charge on any atom is -0.390 e. The third-order valence-electron chi connectivity index (χ3n) is 5.07. The molecular weight excluding hydrogens is 352 g/mol. The molecule has 0 unspecified atom stereocenters. The van der Waals surface area contributed by atoms with Gasteiger partial charge in [0, 0.05) is 37.8 Å². The predicted molar refractivity (Wildman–Crippen MR) is 100 cm³/mol. The summed E-state index contributed by atoms with van der Waals surface area (Å²) < 4.78 is 1.48. The Morgan fingerprint density at radius 2 is 2.23 bits per heavy atom. The summed E-state index contributed by atoms with van der Waals surface area (Å²) in [5, 5.41) is 15.3. The number of piperidine rings is 1. The number of nitrogens with zero attached hydrogens (tertiary/aromatic N) is 3. The Bertz CT molecular complexity index is 847. The van der Waals surface area contributed by atoms with Gasteiger partial charge in [0.2, 0.25) is 0 Å². The van der Waals surface area contributed by atoms with Crippen LogP contribution in [0.15, 0.2) is 21.8 Å². The molecule has 8 heteroatoms. The molecule has 1 aliphatic heterocycles. The van der Waals surface area contributed by atoms with E-state index in [-0.39, 0.29) is 17.2 Å². The highest BCUT2D eigenvalue weighted by Crippen LogP contribution is 2.15. The van der Waals surface area contributed by atoms with Gasteiger partial charge in [-0.05, 0) is 31.9 Å². The molecule has 2 N–H and O–H groups in total. The van der Waals surface area contributed by atoms with E-state index in [1.54, 1.807) is 30.0 Å². The van der Waals surface area contributed by atoms with Gasteiger partial charge in [-0.2, -0.15) is 0 Å². The lowest BCUT2D eigenvalue weighted by atomic mass is 10.0. The molecule has 140 valence electrons. The Morgan fingerprint density at radius 1 is 1.46 bits per heavy atom. The summed E-state index contributed by atoms with van der Waals surface area (Å²) in [4.78, 5) is 31.3. The van der Waals surface area contributed by atoms with Crippen molar-refractivity contribution >= 4 is 17.2 Å². The van der Waals surface area contributed by atoms with Gasteiger partial charge in [0.15, 0.2) is 0 Å². The van der Waals surface area contributed by atoms with E-state index in [1.807, 2.05) is 19.2 Å². The lowest BCUT2D eigenvalue weighted by Gasteiger charge is -2.35. The highest BCUT2D eigenvalue weighted by molar-refractivity contribution is 7.07. The summed E-state index contributed by atoms with van der Waals surface area (Å²) >= 11 is 1.55. The summed E-state index contributed by atoms with van der Waals surface area (Å²) in [6.45, 7) is 5.63. The van der Waals surface area contributed by atoms with Gasteiger partial charge >= 0.3 is 0 Å². The van der Waals surface area contributed by atoms with Crippen LogP contribution in [0.2, 0.25) is 0 Å². The molecule has 26 heavy (non-hydrogen) atoms. The first-order valence-corrected chi connectivity index (χ1v) is 9.56. The number of amides is 1. The number of carbonyl (C=O) groups is 1. The fourth-order valence-electron chi connectivity index (χ4n) is 3.24. The van der Waals surface area contributed by atoms with Gasteiger partial charge in [-0.15, -0.1) is 11.3 Å². The molecule has 0 aliphatic carbocycles. The van der Waals surface area contributed by atoms with E-state index in [1.165, 1.54) is 4.57 Å². The quantitative estimate of drug-likeness (QED) is 0.825. The molecule has 1 aliphatic rings. The van der Waals surface area contributed by atoms with E-state index in [2.05, 4.69) is 15.2 Å². The van der Waals surface area contributed by atoms with Crippen molar-refractivity contribution in [3.8, 4) is 0 Å². The van der Waals surface area contributed by atoms with Gasteiger partial charge in [0.25, 0.3) is 11.5 Å². The van der Waals surface area contributed by atoms with Crippen molar-refractivity contribution in [1.29, 1.82) is 0 Å². The van der Waals surface area contributed by atoms with Crippen molar-refractivity contribution in [2.24, 2.45) is 7.05 Å². The topological polar surface area (TPSA) is 87.5 Å². The number of aromatic nitrogens is 2. The third-order valence-corrected chi connectivity index (χ3v) is 5.70. The van der Waals surface area contributed by atoms with E-state index < -0.39 is 12.0 Å². The van der Waals surface area contributed by atoms with E-state index in [0.29, 0.717) is 19.5 Å². The van der Waals surface area contributed by atoms with Crippen LogP contribution >= 0.6 is 11.3 Å². The van der Waals surface area contributed by atoms with Crippen molar-refractivity contribution in [3.05, 3.63) is 49.8 Å². The summed E-state index contributed by atoms with van der Waals surface area (Å²) in [6.07, 6.45) is -0.0518. The van der Waals surface area contributed by atoms with Crippen molar-refractivity contribution in [1.82, 2.24) is 19.8 Å². The zero-order chi connectivity index (χ0) is 18.8. The van der Waals surface area contributed by atoms with Gasteiger partial charge in [-0.25, -0.2) is 4.98 Å². The Balaban J connectivity index is 1.65. The van der Waals surface area contributed by atoms with Crippen LogP contribution in [0.1, 0.15) is 33.7 Å². The normalized spacial score (nSPS) is 20.9. The second kappa shape index (κ2) is 7.69. The number of hydrogen-bond acceptors (Lipinski definition) is 6. The molecule has 1 fully saturated rings. The molecule has 0 radical (unpaired) electrons. The fraction of sp³-hybridized carbons (Fsp3) is 0.500. The van der Waals surface area contributed by atoms with Gasteiger partial charge in [0.1, 0.15) is 5.56 Å². The number of carbonyl (C=O) groups excluding carboxylic acids is 1. The SMILES string of the molecule is Cc1cc(C(=O)N[C@@H]2CCN(Cc3cscn3)C[C@H]2O)c(=O)n(C)c1C. The predicted octanol–water partition coefficient (Wildman–Crippen LogP) is 0.824. The number of aliphatic hydroxyl groups is 1. The highest BCUT2D eigenvalue weighted by atomic mass is 32.1. The number of thiazole rings is 1. The average molecular weight is 376 g/mol. The minimum atomic E-state index is -0.679. The molecule has 2 aromatic rings. The van der Waals surface area contributed by atoms with Crippen LogP contribution in [0.5, 0.6) is 0 Å². The Labute approximate surface area is 156 Å². The van der Waals surface area contributed by atoms with E-state index in [4.69, 9.17) is 0 Å². The number of β-amino-alcohol motifs (C(OH)–C–C–N with tert-alkyl or cyclic N) is 1. The standard InChI is InChI=1S/C18H24N4O3S/c1-11-6-14(18(25)21(3)12(11)2)17(24)20-15-4-5-22(8-16(15)23)7-13-9-26-10-19-13/h6,9-10,15-16,23H,4-5,7-8H2,1-3H3,(H,20,24)/t15-,16-/m1/s1. The number of rotatable bonds is 4. The summed E-state index contributed by atoms with van der Waals surface area (Å²) in [5.41, 5.74) is 4.30. The molecule has 0 saturated carbocycles. The lowest BCUT2D eigenvalue weighted by molar-refractivity contribution is 0.0345. The van der Waals surface area contributed by atoms with Crippen molar-refractivity contribution in [3.63, 3.8) is 0 Å². The van der Waals surface area contributed by atoms with E-state index in [9.17, 15) is 14.7 Å². The molecule has 3 rings (SSSR count). The monoisotopic (exact) mass is 376 g/mol. The van der Waals surface area contributed by atoms with Crippen molar-refractivity contribution in [2.75, 3.05) is 13.1 Å². The second-order valence-electron chi connectivity index (χ2n) is 6.84. The fourth-order valence-corrected chi connectivity index (χ4v) is 3.79. The van der Waals surface area contributed by atoms with Gasteiger partial charge < -0.3 is 15.0 Å². The minimum absolute atomic E-state index is 0.118. The zero-order valence-electron chi connectivity index (χ0n) is 15.2. The van der Waals surface area contributed by atoms with Crippen molar-refractivity contribution in [2.45, 2.75) is 39.0 Å². The molecule has 2 atom stereocenters. The van der Waals surface area contributed by atoms with Gasteiger partial charge in [0.05, 0.1) is 23.4 Å². The van der Waals surface area contributed by atoms with Crippen LogP contribution in [0.4, 0.5) is 0 Å². The summed E-state index contributed by atoms with van der Waals surface area (Å²) in [7, 11) is 1.66. The third kappa shape index (κ3) is 3.87.